The van der Waals surface area contributed by atoms with E-state index in [1.807, 2.05) is 23.4 Å². The van der Waals surface area contributed by atoms with Gasteiger partial charge in [-0.2, -0.15) is 13.2 Å². The zero-order valence-electron chi connectivity index (χ0n) is 16.3. The summed E-state index contributed by atoms with van der Waals surface area (Å²) in [5, 5.41) is 14.6. The highest BCUT2D eigenvalue weighted by molar-refractivity contribution is 6.33. The van der Waals surface area contributed by atoms with E-state index < -0.39 is 11.7 Å². The number of nitrogens with zero attached hydrogens (tertiary/aromatic N) is 6. The molecule has 1 saturated heterocycles. The number of rotatable bonds is 4. The zero-order valence-corrected chi connectivity index (χ0v) is 17.0. The Morgan fingerprint density at radius 3 is 2.72 bits per heavy atom. The van der Waals surface area contributed by atoms with Gasteiger partial charge in [0.1, 0.15) is 11.6 Å². The van der Waals surface area contributed by atoms with Crippen LogP contribution < -0.4 is 15.5 Å². The first-order valence-electron chi connectivity index (χ1n) is 8.98. The Kier molecular flexibility index (Phi) is 6.15. The minimum absolute atomic E-state index is 0.0133. The van der Waals surface area contributed by atoms with E-state index in [0.717, 1.165) is 30.3 Å². The highest BCUT2D eigenvalue weighted by Crippen LogP contribution is 2.34. The Balaban J connectivity index is 1.58. The van der Waals surface area contributed by atoms with Gasteiger partial charge in [0.05, 0.1) is 17.1 Å². The summed E-state index contributed by atoms with van der Waals surface area (Å²) < 4.78 is 40.3. The van der Waals surface area contributed by atoms with Crippen molar-refractivity contribution in [3.05, 3.63) is 34.5 Å². The molecule has 29 heavy (non-hydrogen) atoms. The van der Waals surface area contributed by atoms with Gasteiger partial charge in [0, 0.05) is 39.4 Å². The SMILES string of the molecule is CN=C(NCc1nnc(C)n1C)NC1CCN(c2ncc(C(F)(F)F)cc2Cl)C1. The average Bonchev–Trinajstić information content (AvgIpc) is 3.25. The van der Waals surface area contributed by atoms with Crippen molar-refractivity contribution in [2.75, 3.05) is 25.0 Å². The van der Waals surface area contributed by atoms with Gasteiger partial charge >= 0.3 is 6.18 Å². The Morgan fingerprint density at radius 1 is 1.38 bits per heavy atom. The number of hydrogen-bond acceptors (Lipinski definition) is 5. The summed E-state index contributed by atoms with van der Waals surface area (Å²) in [7, 11) is 3.55. The number of aliphatic imine (C=N–C) groups is 1. The van der Waals surface area contributed by atoms with Gasteiger partial charge in [-0.1, -0.05) is 11.6 Å². The number of halogens is 4. The second-order valence-electron chi connectivity index (χ2n) is 6.75. The van der Waals surface area contributed by atoms with Crippen LogP contribution in [-0.4, -0.2) is 51.9 Å². The number of anilines is 1. The molecule has 1 atom stereocenters. The fraction of sp³-hybridized carbons (Fsp3) is 0.529. The summed E-state index contributed by atoms with van der Waals surface area (Å²) >= 11 is 6.05. The van der Waals surface area contributed by atoms with E-state index in [0.29, 0.717) is 31.4 Å². The van der Waals surface area contributed by atoms with Crippen molar-refractivity contribution >= 4 is 23.4 Å². The van der Waals surface area contributed by atoms with E-state index in [-0.39, 0.29) is 11.1 Å². The van der Waals surface area contributed by atoms with Crippen LogP contribution in [0.5, 0.6) is 0 Å². The van der Waals surface area contributed by atoms with Crippen molar-refractivity contribution in [2.45, 2.75) is 32.1 Å². The highest BCUT2D eigenvalue weighted by Gasteiger charge is 2.33. The maximum Gasteiger partial charge on any atom is 0.417 e. The molecule has 2 aromatic rings. The van der Waals surface area contributed by atoms with Crippen LogP contribution >= 0.6 is 11.6 Å². The van der Waals surface area contributed by atoms with Crippen LogP contribution in [0.15, 0.2) is 17.3 Å². The standard InChI is InChI=1S/C17H22ClF3N8/c1-10-26-27-14(28(10)3)8-24-16(22-2)25-12-4-5-29(9-12)15-13(18)6-11(7-23-15)17(19,20)21/h6-7,12H,4-5,8-9H2,1-3H3,(H2,22,24,25). The molecule has 8 nitrogen and oxygen atoms in total. The third-order valence-corrected chi connectivity index (χ3v) is 5.08. The Morgan fingerprint density at radius 2 is 2.14 bits per heavy atom. The van der Waals surface area contributed by atoms with Crippen LogP contribution in [0.4, 0.5) is 19.0 Å². The predicted molar refractivity (Wildman–Crippen MR) is 104 cm³/mol. The molecule has 1 unspecified atom stereocenters. The topological polar surface area (TPSA) is 83.3 Å². The molecule has 0 aromatic carbocycles. The van der Waals surface area contributed by atoms with Crippen LogP contribution in [0.1, 0.15) is 23.6 Å². The minimum atomic E-state index is -4.47. The van der Waals surface area contributed by atoms with E-state index in [1.165, 1.54) is 0 Å². The summed E-state index contributed by atoms with van der Waals surface area (Å²) in [5.74, 6) is 2.54. The van der Waals surface area contributed by atoms with Gasteiger partial charge < -0.3 is 20.1 Å². The number of alkyl halides is 3. The van der Waals surface area contributed by atoms with E-state index in [9.17, 15) is 13.2 Å². The lowest BCUT2D eigenvalue weighted by molar-refractivity contribution is -0.137. The summed E-state index contributed by atoms with van der Waals surface area (Å²) in [6.45, 7) is 3.49. The van der Waals surface area contributed by atoms with Gasteiger partial charge in [-0.05, 0) is 19.4 Å². The molecular weight excluding hydrogens is 409 g/mol. The molecule has 0 aliphatic carbocycles. The van der Waals surface area contributed by atoms with Crippen LogP contribution in [-0.2, 0) is 19.8 Å². The first-order chi connectivity index (χ1) is 13.7. The Bertz CT molecular complexity index is 895. The lowest BCUT2D eigenvalue weighted by atomic mass is 10.2. The number of guanidine groups is 1. The largest absolute Gasteiger partial charge is 0.417 e. The van der Waals surface area contributed by atoms with Crippen LogP contribution in [0, 0.1) is 6.92 Å². The van der Waals surface area contributed by atoms with Gasteiger partial charge in [-0.25, -0.2) is 4.98 Å². The molecule has 1 fully saturated rings. The molecule has 1 aliphatic heterocycles. The van der Waals surface area contributed by atoms with E-state index >= 15 is 0 Å². The number of pyridine rings is 1. The molecule has 158 valence electrons. The van der Waals surface area contributed by atoms with Crippen molar-refractivity contribution in [3.8, 4) is 0 Å². The smallest absolute Gasteiger partial charge is 0.353 e. The van der Waals surface area contributed by atoms with Gasteiger partial charge in [-0.15, -0.1) is 10.2 Å². The van der Waals surface area contributed by atoms with Gasteiger partial charge in [0.2, 0.25) is 0 Å². The summed E-state index contributed by atoms with van der Waals surface area (Å²) in [5.41, 5.74) is -0.858. The van der Waals surface area contributed by atoms with Gasteiger partial charge in [0.15, 0.2) is 11.8 Å². The number of hydrogen-bond donors (Lipinski definition) is 2. The van der Waals surface area contributed by atoms with Crippen molar-refractivity contribution in [3.63, 3.8) is 0 Å². The summed E-state index contributed by atoms with van der Waals surface area (Å²) in [6, 6.07) is 0.955. The number of aromatic nitrogens is 4. The van der Waals surface area contributed by atoms with Crippen molar-refractivity contribution < 1.29 is 13.2 Å². The van der Waals surface area contributed by atoms with E-state index in [1.54, 1.807) is 7.05 Å². The number of aryl methyl sites for hydroxylation is 1. The second-order valence-corrected chi connectivity index (χ2v) is 7.16. The van der Waals surface area contributed by atoms with Crippen molar-refractivity contribution in [1.82, 2.24) is 30.4 Å². The predicted octanol–water partition coefficient (Wildman–Crippen LogP) is 2.13. The average molecular weight is 431 g/mol. The number of nitrogens with one attached hydrogen (secondary N) is 2. The molecule has 0 spiro atoms. The van der Waals surface area contributed by atoms with Crippen molar-refractivity contribution in [2.24, 2.45) is 12.0 Å². The molecule has 2 aromatic heterocycles. The fourth-order valence-corrected chi connectivity index (χ4v) is 3.33. The van der Waals surface area contributed by atoms with Crippen molar-refractivity contribution in [1.29, 1.82) is 0 Å². The first-order valence-corrected chi connectivity index (χ1v) is 9.36. The van der Waals surface area contributed by atoms with Gasteiger partial charge in [0.25, 0.3) is 0 Å². The zero-order chi connectivity index (χ0) is 21.2. The Labute approximate surface area is 171 Å². The second kappa shape index (κ2) is 8.44. The van der Waals surface area contributed by atoms with E-state index in [2.05, 4.69) is 30.8 Å². The maximum atomic E-state index is 12.8. The molecule has 1 aliphatic rings. The summed E-state index contributed by atoms with van der Waals surface area (Å²) in [6.07, 6.45) is -2.89. The molecule has 0 radical (unpaired) electrons. The highest BCUT2D eigenvalue weighted by atomic mass is 35.5. The lowest BCUT2D eigenvalue weighted by Gasteiger charge is -2.21. The summed E-state index contributed by atoms with van der Waals surface area (Å²) in [4.78, 5) is 10.0. The monoisotopic (exact) mass is 430 g/mol. The van der Waals surface area contributed by atoms with Crippen LogP contribution in [0.3, 0.4) is 0 Å². The molecule has 0 amide bonds. The molecule has 0 saturated carbocycles. The van der Waals surface area contributed by atoms with E-state index in [4.69, 9.17) is 11.6 Å². The lowest BCUT2D eigenvalue weighted by Crippen LogP contribution is -2.44. The normalized spacial score (nSPS) is 17.7. The molecule has 3 rings (SSSR count). The molecule has 0 bridgehead atoms. The fourth-order valence-electron chi connectivity index (χ4n) is 3.04. The molecular formula is C17H22ClF3N8. The van der Waals surface area contributed by atoms with Crippen LogP contribution in [0.25, 0.3) is 0 Å². The quantitative estimate of drug-likeness (QED) is 0.571. The third-order valence-electron chi connectivity index (χ3n) is 4.80. The minimum Gasteiger partial charge on any atom is -0.353 e. The maximum absolute atomic E-state index is 12.8. The third kappa shape index (κ3) is 4.89. The first kappa shape index (κ1) is 21.2. The molecule has 3 heterocycles. The molecule has 2 N–H and O–H groups in total. The molecule has 12 heteroatoms. The Hall–Kier alpha value is -2.56. The van der Waals surface area contributed by atoms with Crippen LogP contribution in [0.2, 0.25) is 5.02 Å². The van der Waals surface area contributed by atoms with Gasteiger partial charge in [-0.3, -0.25) is 4.99 Å².